The number of ether oxygens (including phenoxy) is 1. The van der Waals surface area contributed by atoms with Crippen LogP contribution in [0.5, 0.6) is 0 Å². The second-order valence-corrected chi connectivity index (χ2v) is 4.85. The van der Waals surface area contributed by atoms with E-state index in [2.05, 4.69) is 5.32 Å². The SMILES string of the molecule is Cc1ccc(NC(=O)COC(=O)c2cccc[n+]2[O-])c(C)c1. The number of esters is 1. The van der Waals surface area contributed by atoms with E-state index in [1.54, 1.807) is 12.1 Å². The number of nitrogens with zero attached hydrogens (tertiary/aromatic N) is 1. The number of carbonyl (C=O) groups is 2. The molecule has 2 rings (SSSR count). The van der Waals surface area contributed by atoms with E-state index < -0.39 is 18.5 Å². The zero-order chi connectivity index (χ0) is 16.1. The van der Waals surface area contributed by atoms with Gasteiger partial charge in [0.2, 0.25) is 0 Å². The summed E-state index contributed by atoms with van der Waals surface area (Å²) in [6, 6.07) is 9.97. The van der Waals surface area contributed by atoms with Crippen LogP contribution < -0.4 is 10.0 Å². The van der Waals surface area contributed by atoms with Crippen molar-refractivity contribution in [2.75, 3.05) is 11.9 Å². The molecule has 0 aliphatic rings. The molecule has 1 aromatic heterocycles. The standard InChI is InChI=1S/C16H16N2O4/c1-11-6-7-13(12(2)9-11)17-15(19)10-22-16(20)14-5-3-4-8-18(14)21/h3-9H,10H2,1-2H3,(H,17,19). The third-order valence-electron chi connectivity index (χ3n) is 3.02. The maximum atomic E-state index is 11.8. The molecule has 0 atom stereocenters. The van der Waals surface area contributed by atoms with E-state index in [1.807, 2.05) is 26.0 Å². The number of pyridine rings is 1. The van der Waals surface area contributed by atoms with Crippen LogP contribution in [0.15, 0.2) is 42.6 Å². The number of benzene rings is 1. The molecule has 6 heteroatoms. The van der Waals surface area contributed by atoms with Crippen LogP contribution in [0.4, 0.5) is 5.69 Å². The first-order valence-electron chi connectivity index (χ1n) is 6.70. The number of nitrogens with one attached hydrogen (secondary N) is 1. The number of aryl methyl sites for hydroxylation is 2. The molecule has 1 heterocycles. The summed E-state index contributed by atoms with van der Waals surface area (Å²) in [6.07, 6.45) is 1.19. The Kier molecular flexibility index (Phi) is 4.73. The van der Waals surface area contributed by atoms with Crippen LogP contribution in [0, 0.1) is 19.1 Å². The van der Waals surface area contributed by atoms with Crippen molar-refractivity contribution < 1.29 is 19.1 Å². The molecule has 0 saturated heterocycles. The van der Waals surface area contributed by atoms with Gasteiger partial charge in [0.1, 0.15) is 0 Å². The van der Waals surface area contributed by atoms with Crippen molar-refractivity contribution in [2.45, 2.75) is 13.8 Å². The molecule has 0 spiro atoms. The van der Waals surface area contributed by atoms with Gasteiger partial charge in [-0.3, -0.25) is 4.79 Å². The maximum absolute atomic E-state index is 11.8. The lowest BCUT2D eigenvalue weighted by Gasteiger charge is -2.09. The van der Waals surface area contributed by atoms with Crippen LogP contribution in [-0.2, 0) is 9.53 Å². The third-order valence-corrected chi connectivity index (χ3v) is 3.02. The van der Waals surface area contributed by atoms with E-state index in [4.69, 9.17) is 4.74 Å². The average molecular weight is 300 g/mol. The summed E-state index contributed by atoms with van der Waals surface area (Å²) >= 11 is 0. The van der Waals surface area contributed by atoms with Gasteiger partial charge in [0.15, 0.2) is 12.8 Å². The Morgan fingerprint density at radius 2 is 2.00 bits per heavy atom. The van der Waals surface area contributed by atoms with Crippen LogP contribution in [0.1, 0.15) is 21.6 Å². The third kappa shape index (κ3) is 3.82. The molecule has 0 fully saturated rings. The van der Waals surface area contributed by atoms with Gasteiger partial charge in [0.25, 0.3) is 5.91 Å². The number of rotatable bonds is 4. The van der Waals surface area contributed by atoms with Crippen LogP contribution >= 0.6 is 0 Å². The minimum atomic E-state index is -0.841. The summed E-state index contributed by atoms with van der Waals surface area (Å²) in [4.78, 5) is 23.5. The molecule has 1 aromatic carbocycles. The van der Waals surface area contributed by atoms with Gasteiger partial charge in [-0.2, -0.15) is 4.73 Å². The van der Waals surface area contributed by atoms with Crippen LogP contribution in [0.25, 0.3) is 0 Å². The van der Waals surface area contributed by atoms with Gasteiger partial charge in [-0.25, -0.2) is 4.79 Å². The maximum Gasteiger partial charge on any atom is 0.405 e. The van der Waals surface area contributed by atoms with E-state index in [-0.39, 0.29) is 5.69 Å². The fourth-order valence-electron chi connectivity index (χ4n) is 1.93. The highest BCUT2D eigenvalue weighted by atomic mass is 16.5. The van der Waals surface area contributed by atoms with Gasteiger partial charge >= 0.3 is 11.7 Å². The summed E-state index contributed by atoms with van der Waals surface area (Å²) in [7, 11) is 0. The fourth-order valence-corrected chi connectivity index (χ4v) is 1.93. The van der Waals surface area contributed by atoms with Crippen molar-refractivity contribution in [2.24, 2.45) is 0 Å². The second-order valence-electron chi connectivity index (χ2n) is 4.85. The van der Waals surface area contributed by atoms with E-state index >= 15 is 0 Å². The Morgan fingerprint density at radius 3 is 2.68 bits per heavy atom. The van der Waals surface area contributed by atoms with Crippen molar-refractivity contribution in [3.63, 3.8) is 0 Å². The van der Waals surface area contributed by atoms with Crippen molar-refractivity contribution in [3.8, 4) is 0 Å². The summed E-state index contributed by atoms with van der Waals surface area (Å²) in [5, 5.41) is 14.0. The first kappa shape index (κ1) is 15.5. The topological polar surface area (TPSA) is 82.3 Å². The Bertz CT molecular complexity index is 713. The molecule has 0 bridgehead atoms. The molecule has 0 saturated carbocycles. The molecule has 0 radical (unpaired) electrons. The number of carbonyl (C=O) groups excluding carboxylic acids is 2. The highest BCUT2D eigenvalue weighted by Gasteiger charge is 2.18. The summed E-state index contributed by atoms with van der Waals surface area (Å²) in [5.74, 6) is -1.31. The molecule has 1 N–H and O–H groups in total. The fraction of sp³-hybridized carbons (Fsp3) is 0.188. The highest BCUT2D eigenvalue weighted by Crippen LogP contribution is 2.15. The predicted molar refractivity (Wildman–Crippen MR) is 80.2 cm³/mol. The van der Waals surface area contributed by atoms with Gasteiger partial charge in [-0.05, 0) is 31.5 Å². The zero-order valence-electron chi connectivity index (χ0n) is 12.3. The highest BCUT2D eigenvalue weighted by molar-refractivity contribution is 5.94. The van der Waals surface area contributed by atoms with Gasteiger partial charge in [-0.1, -0.05) is 17.7 Å². The van der Waals surface area contributed by atoms with Crippen LogP contribution in [0.3, 0.4) is 0 Å². The van der Waals surface area contributed by atoms with Gasteiger partial charge < -0.3 is 15.3 Å². The molecule has 114 valence electrons. The van der Waals surface area contributed by atoms with Crippen LogP contribution in [-0.4, -0.2) is 18.5 Å². The quantitative estimate of drug-likeness (QED) is 0.529. The number of hydrogen-bond donors (Lipinski definition) is 1. The van der Waals surface area contributed by atoms with E-state index in [0.717, 1.165) is 11.1 Å². The number of hydrogen-bond acceptors (Lipinski definition) is 4. The lowest BCUT2D eigenvalue weighted by atomic mass is 10.1. The first-order valence-corrected chi connectivity index (χ1v) is 6.70. The lowest BCUT2D eigenvalue weighted by Crippen LogP contribution is -2.35. The smallest absolute Gasteiger partial charge is 0.405 e. The number of aromatic nitrogens is 1. The molecule has 0 unspecified atom stereocenters. The summed E-state index contributed by atoms with van der Waals surface area (Å²) in [5.41, 5.74) is 2.50. The van der Waals surface area contributed by atoms with Gasteiger partial charge in [-0.15, -0.1) is 0 Å². The lowest BCUT2D eigenvalue weighted by molar-refractivity contribution is -0.608. The Labute approximate surface area is 127 Å². The monoisotopic (exact) mass is 300 g/mol. The minimum absolute atomic E-state index is 0.165. The Morgan fingerprint density at radius 1 is 1.23 bits per heavy atom. The largest absolute Gasteiger partial charge is 0.618 e. The summed E-state index contributed by atoms with van der Waals surface area (Å²) < 4.78 is 5.23. The number of amides is 1. The number of anilines is 1. The molecule has 0 aliphatic carbocycles. The molecular formula is C16H16N2O4. The van der Waals surface area contributed by atoms with E-state index in [9.17, 15) is 14.8 Å². The van der Waals surface area contributed by atoms with Crippen molar-refractivity contribution in [3.05, 3.63) is 64.6 Å². The molecule has 0 aliphatic heterocycles. The van der Waals surface area contributed by atoms with Crippen molar-refractivity contribution >= 4 is 17.6 Å². The van der Waals surface area contributed by atoms with Gasteiger partial charge in [0, 0.05) is 17.8 Å². The first-order chi connectivity index (χ1) is 10.5. The normalized spacial score (nSPS) is 10.1. The average Bonchev–Trinajstić information content (AvgIpc) is 2.48. The van der Waals surface area contributed by atoms with Crippen molar-refractivity contribution in [1.29, 1.82) is 0 Å². The van der Waals surface area contributed by atoms with E-state index in [1.165, 1.54) is 18.3 Å². The second kappa shape index (κ2) is 6.71. The molecule has 22 heavy (non-hydrogen) atoms. The minimum Gasteiger partial charge on any atom is -0.618 e. The zero-order valence-corrected chi connectivity index (χ0v) is 12.3. The molecule has 6 nitrogen and oxygen atoms in total. The molecule has 2 aromatic rings. The van der Waals surface area contributed by atoms with Crippen LogP contribution in [0.2, 0.25) is 0 Å². The van der Waals surface area contributed by atoms with E-state index in [0.29, 0.717) is 10.4 Å². The molecule has 1 amide bonds. The van der Waals surface area contributed by atoms with Gasteiger partial charge in [0.05, 0.1) is 0 Å². The predicted octanol–water partition coefficient (Wildman–Crippen LogP) is 1.73. The Balaban J connectivity index is 1.93. The van der Waals surface area contributed by atoms with Crippen molar-refractivity contribution in [1.82, 2.24) is 0 Å². The molecular weight excluding hydrogens is 284 g/mol. The Hall–Kier alpha value is -2.89. The summed E-state index contributed by atoms with van der Waals surface area (Å²) in [6.45, 7) is 3.37.